The number of hydrogen-bond acceptors (Lipinski definition) is 0. The predicted octanol–water partition coefficient (Wildman–Crippen LogP) is 13.1. The van der Waals surface area contributed by atoms with Gasteiger partial charge in [0.05, 0.1) is 76.0 Å². The van der Waals surface area contributed by atoms with Gasteiger partial charge in [-0.2, -0.15) is 0 Å². The van der Waals surface area contributed by atoms with Crippen LogP contribution in [0.3, 0.4) is 0 Å². The minimum atomic E-state index is -0.108. The zero-order valence-corrected chi connectivity index (χ0v) is 37.7. The van der Waals surface area contributed by atoms with E-state index in [1.54, 1.807) is 253 Å². The highest BCUT2D eigenvalue weighted by Gasteiger charge is 2.83. The van der Waals surface area contributed by atoms with Gasteiger partial charge in [-0.1, -0.05) is 0 Å². The fourth-order valence-corrected chi connectivity index (χ4v) is 28.5. The molecule has 2 heteroatoms. The van der Waals surface area contributed by atoms with Crippen molar-refractivity contribution in [3.63, 3.8) is 0 Å². The first-order chi connectivity index (χ1) is 34.3. The van der Waals surface area contributed by atoms with Crippen LogP contribution in [0.25, 0.3) is 259 Å². The Morgan fingerprint density at radius 3 is 0.743 bits per heavy atom. The van der Waals surface area contributed by atoms with Crippen LogP contribution in [0, 0.1) is 0 Å². The Hall–Kier alpha value is -7.36. The molecule has 4 atom stereocenters. The summed E-state index contributed by atoms with van der Waals surface area (Å²) in [5, 5.41) is 83.0. The van der Waals surface area contributed by atoms with E-state index in [1.807, 2.05) is 49.7 Å². The molecule has 300 valence electrons. The van der Waals surface area contributed by atoms with E-state index in [0.29, 0.717) is 0 Å². The highest BCUT2D eigenvalue weighted by atomic mass is 15.4. The maximum atomic E-state index is 2.69. The highest BCUT2D eigenvalue weighted by molar-refractivity contribution is 6.79. The van der Waals surface area contributed by atoms with Gasteiger partial charge in [-0.15, -0.1) is 0 Å². The molecule has 0 N–H and O–H groups in total. The Balaban J connectivity index is 1.21. The van der Waals surface area contributed by atoms with Gasteiger partial charge < -0.3 is 8.97 Å². The third-order valence-electron chi connectivity index (χ3n) is 27.5. The molecule has 70 heavy (non-hydrogen) atoms. The molecule has 24 aromatic carbocycles. The molecular weight excluding hydrogens is 845 g/mol. The zero-order valence-electron chi connectivity index (χ0n) is 37.7. The molecule has 0 aromatic heterocycles. The third-order valence-corrected chi connectivity index (χ3v) is 27.5. The monoisotopic (exact) mass is 864 g/mol. The molecule has 2 heterocycles. The standard InChI is InChI=1S/C68H20N2/c1-69(2)5-65-58-47-35-25-16-9-10-12-14-18(16)29(35)37-31-23(14)24-22(12)28-27-15(10)13-11(9)17-19-21-20(13)32-34(27)46-44(28)45-38(24)42-40(31)50(49(37)58)62-56-53(42)57(45)66-6-70(3,4)8-68(66)61-52-41(33(21)43(32)55(61)60(46)66)39-30(19)36(26(17)25)48(47)59(65)51(39)54(52)63(64(56)68)67(62,65)7-69/h5-8H2,1-4H3/q+2. The molecule has 4 spiro atoms. The lowest BCUT2D eigenvalue weighted by molar-refractivity contribution is -0.880. The van der Waals surface area contributed by atoms with Crippen molar-refractivity contribution in [2.75, 3.05) is 54.4 Å². The van der Waals surface area contributed by atoms with Crippen molar-refractivity contribution in [1.29, 1.82) is 0 Å². The molecule has 10 aliphatic rings. The Morgan fingerprint density at radius 2 is 0.371 bits per heavy atom. The smallest absolute Gasteiger partial charge is 0.0937 e. The molecule has 4 unspecified atom stereocenters. The van der Waals surface area contributed by atoms with E-state index in [4.69, 9.17) is 0 Å². The molecule has 2 aliphatic heterocycles. The Labute approximate surface area is 385 Å². The number of nitrogens with zero attached hydrogens (tertiary/aromatic N) is 2. The topological polar surface area (TPSA) is 0 Å². The van der Waals surface area contributed by atoms with Crippen LogP contribution in [0.2, 0.25) is 0 Å². The maximum Gasteiger partial charge on any atom is 0.0937 e. The second kappa shape index (κ2) is 5.63. The third kappa shape index (κ3) is 1.33. The maximum absolute atomic E-state index is 2.69. The van der Waals surface area contributed by atoms with Crippen LogP contribution in [-0.4, -0.2) is 63.3 Å². The first-order valence-electron chi connectivity index (χ1n) is 27.0. The highest BCUT2D eigenvalue weighted by Crippen LogP contribution is 2.87. The first-order valence-corrected chi connectivity index (χ1v) is 27.0. The Kier molecular flexibility index (Phi) is 2.14. The summed E-state index contributed by atoms with van der Waals surface area (Å²) in [5.74, 6) is 0. The average molecular weight is 865 g/mol. The van der Waals surface area contributed by atoms with Crippen molar-refractivity contribution in [3.05, 3.63) is 43.8 Å². The number of hydrogen-bond donors (Lipinski definition) is 0. The lowest BCUT2D eigenvalue weighted by atomic mass is 9.46. The SMILES string of the molecule is C[N+]1(C)CC23C4=c5c6c7c8c9c%10c%11c%12c%13c(c%14c2c2c%15c%16c%17c%18c(c5c5c7c7c8c8c%10c%10c%19c%11c%11c%13c%14c%13c2c2c%16c%14c%17c%16c(c%185)c7c5c8c%10c7c8c%19c%11c%13c2c8c%14c7c%165)C%153C1)=C4C61C[N+](C)(C)CC%1291. The summed E-state index contributed by atoms with van der Waals surface area (Å²) in [5.41, 5.74) is 14.5. The molecular formula is C68H20N2+2. The quantitative estimate of drug-likeness (QED) is 0.105. The van der Waals surface area contributed by atoms with Gasteiger partial charge in [-0.05, 0) is 303 Å². The molecule has 0 radical (unpaired) electrons. The van der Waals surface area contributed by atoms with Crippen LogP contribution in [0.15, 0.2) is 0 Å². The largest absolute Gasteiger partial charge is 0.326 e. The molecule has 8 aliphatic carbocycles. The van der Waals surface area contributed by atoms with E-state index < -0.39 is 0 Å². The first kappa shape index (κ1) is 26.6. The van der Waals surface area contributed by atoms with Crippen LogP contribution < -0.4 is 10.4 Å². The van der Waals surface area contributed by atoms with E-state index in [1.165, 1.54) is 26.2 Å². The van der Waals surface area contributed by atoms with Crippen LogP contribution in [0.1, 0.15) is 33.4 Å². The van der Waals surface area contributed by atoms with Crippen molar-refractivity contribution < 1.29 is 8.97 Å². The van der Waals surface area contributed by atoms with E-state index >= 15 is 0 Å². The van der Waals surface area contributed by atoms with Crippen molar-refractivity contribution in [1.82, 2.24) is 0 Å². The van der Waals surface area contributed by atoms with Gasteiger partial charge in [-0.25, -0.2) is 0 Å². The van der Waals surface area contributed by atoms with Crippen LogP contribution in [-0.2, 0) is 21.7 Å². The average Bonchev–Trinajstić information content (AvgIpc) is 4.33. The van der Waals surface area contributed by atoms with Gasteiger partial charge in [0.2, 0.25) is 0 Å². The molecule has 24 aromatic rings. The van der Waals surface area contributed by atoms with E-state index in [0.717, 1.165) is 8.97 Å². The van der Waals surface area contributed by atoms with Crippen molar-refractivity contribution in [2.24, 2.45) is 0 Å². The lowest BCUT2D eigenvalue weighted by Gasteiger charge is -2.50. The van der Waals surface area contributed by atoms with Crippen LogP contribution >= 0.6 is 0 Å². The second-order valence-electron chi connectivity index (χ2n) is 29.1. The molecule has 2 nitrogen and oxygen atoms in total. The summed E-state index contributed by atoms with van der Waals surface area (Å²) in [7, 11) is 10.8. The van der Waals surface area contributed by atoms with E-state index in [-0.39, 0.29) is 21.7 Å². The van der Waals surface area contributed by atoms with Crippen LogP contribution in [0.5, 0.6) is 0 Å². The number of likely N-dealkylation sites (tertiary alicyclic amines) is 2. The summed E-state index contributed by atoms with van der Waals surface area (Å²) in [4.78, 5) is 0. The lowest BCUT2D eigenvalue weighted by Crippen LogP contribution is -2.56. The summed E-state index contributed by atoms with van der Waals surface area (Å²) in [6.45, 7) is 4.83. The van der Waals surface area contributed by atoms with Crippen molar-refractivity contribution >= 4 is 259 Å². The van der Waals surface area contributed by atoms with Gasteiger partial charge in [-0.3, -0.25) is 0 Å². The van der Waals surface area contributed by atoms with E-state index in [2.05, 4.69) is 28.2 Å². The predicted molar refractivity (Wildman–Crippen MR) is 290 cm³/mol. The fraction of sp³-hybridized carbons (Fsp3) is 0.176. The number of likely N-dealkylation sites (N-methyl/N-ethyl adjacent to an activating group) is 2. The number of benzene rings is 15. The number of rotatable bonds is 0. The normalized spacial score (nSPS) is 30.2. The van der Waals surface area contributed by atoms with Gasteiger partial charge in [0.25, 0.3) is 0 Å². The summed E-state index contributed by atoms with van der Waals surface area (Å²) in [6.07, 6.45) is 0. The Morgan fingerprint density at radius 1 is 0.186 bits per heavy atom. The van der Waals surface area contributed by atoms with Gasteiger partial charge >= 0.3 is 0 Å². The molecule has 0 bridgehead atoms. The zero-order chi connectivity index (χ0) is 42.2. The molecule has 2 saturated heterocycles. The van der Waals surface area contributed by atoms with E-state index in [9.17, 15) is 0 Å². The second-order valence-corrected chi connectivity index (χ2v) is 29.1. The van der Waals surface area contributed by atoms with Crippen molar-refractivity contribution in [3.8, 4) is 0 Å². The minimum Gasteiger partial charge on any atom is -0.326 e. The minimum absolute atomic E-state index is 0.107. The van der Waals surface area contributed by atoms with Gasteiger partial charge in [0, 0.05) is 0 Å². The summed E-state index contributed by atoms with van der Waals surface area (Å²) >= 11 is 0. The fourth-order valence-electron chi connectivity index (χ4n) is 28.5. The van der Waals surface area contributed by atoms with Gasteiger partial charge in [0.15, 0.2) is 0 Å². The molecule has 2 fully saturated rings. The van der Waals surface area contributed by atoms with Gasteiger partial charge in [0.1, 0.15) is 0 Å². The molecule has 0 amide bonds. The molecule has 34 rings (SSSR count). The van der Waals surface area contributed by atoms with Crippen molar-refractivity contribution in [2.45, 2.75) is 21.7 Å². The Bertz CT molecular complexity index is 7320. The summed E-state index contributed by atoms with van der Waals surface area (Å²) < 4.78 is 2.18. The number of quaternary nitrogens is 2. The molecule has 0 saturated carbocycles. The van der Waals surface area contributed by atoms with Crippen LogP contribution in [0.4, 0.5) is 0 Å². The summed E-state index contributed by atoms with van der Waals surface area (Å²) in [6, 6.07) is 0.